The Hall–Kier alpha value is -2.39. The van der Waals surface area contributed by atoms with Crippen molar-refractivity contribution in [3.63, 3.8) is 0 Å². The first-order valence-corrected chi connectivity index (χ1v) is 8.75. The predicted octanol–water partition coefficient (Wildman–Crippen LogP) is 3.90. The maximum atomic E-state index is 12.0. The van der Waals surface area contributed by atoms with E-state index in [9.17, 15) is 10.1 Å². The molecule has 0 fully saturated rings. The van der Waals surface area contributed by atoms with Crippen molar-refractivity contribution in [2.45, 2.75) is 38.1 Å². The topological polar surface area (TPSA) is 78.7 Å². The molecule has 0 spiro atoms. The molecule has 1 N–H and O–H groups in total. The Balaban J connectivity index is 1.93. The van der Waals surface area contributed by atoms with Gasteiger partial charge in [0, 0.05) is 23.6 Å². The Morgan fingerprint density at radius 3 is 2.75 bits per heavy atom. The number of carbonyl (C=O) groups is 1. The highest BCUT2D eigenvalue weighted by molar-refractivity contribution is 7.99. The van der Waals surface area contributed by atoms with Gasteiger partial charge in [-0.2, -0.15) is 5.26 Å². The van der Waals surface area contributed by atoms with Crippen molar-refractivity contribution < 1.29 is 4.79 Å². The molecule has 0 unspecified atom stereocenters. The Labute approximate surface area is 146 Å². The summed E-state index contributed by atoms with van der Waals surface area (Å²) < 4.78 is 0. The van der Waals surface area contributed by atoms with Gasteiger partial charge in [-0.25, -0.2) is 9.97 Å². The zero-order chi connectivity index (χ0) is 17.5. The lowest BCUT2D eigenvalue weighted by Gasteiger charge is -2.09. The average molecular weight is 340 g/mol. The van der Waals surface area contributed by atoms with E-state index in [1.807, 2.05) is 25.1 Å². The number of nitrogens with zero attached hydrogens (tertiary/aromatic N) is 3. The Kier molecular flexibility index (Phi) is 6.33. The SMILES string of the molecule is Cc1cccc(NC(=O)CCSc2nc(C(C)C)ccc2C#N)n1. The third-order valence-electron chi connectivity index (χ3n) is 3.32. The van der Waals surface area contributed by atoms with E-state index < -0.39 is 0 Å². The number of nitriles is 1. The number of amides is 1. The Morgan fingerprint density at radius 2 is 2.08 bits per heavy atom. The van der Waals surface area contributed by atoms with Crippen LogP contribution in [0.2, 0.25) is 0 Å². The zero-order valence-corrected chi connectivity index (χ0v) is 14.9. The van der Waals surface area contributed by atoms with Crippen LogP contribution in [0.15, 0.2) is 35.4 Å². The molecule has 0 aliphatic heterocycles. The molecular weight excluding hydrogens is 320 g/mol. The van der Waals surface area contributed by atoms with Gasteiger partial charge in [-0.3, -0.25) is 4.79 Å². The van der Waals surface area contributed by atoms with Crippen molar-refractivity contribution in [1.29, 1.82) is 5.26 Å². The number of hydrogen-bond acceptors (Lipinski definition) is 5. The number of nitrogens with one attached hydrogen (secondary N) is 1. The smallest absolute Gasteiger partial charge is 0.226 e. The number of pyridine rings is 2. The number of aromatic nitrogens is 2. The van der Waals surface area contributed by atoms with Crippen molar-refractivity contribution in [3.8, 4) is 6.07 Å². The Bertz CT molecular complexity index is 768. The molecule has 2 rings (SSSR count). The summed E-state index contributed by atoms with van der Waals surface area (Å²) in [6.45, 7) is 6.00. The maximum Gasteiger partial charge on any atom is 0.226 e. The normalized spacial score (nSPS) is 10.5. The number of hydrogen-bond donors (Lipinski definition) is 1. The van der Waals surface area contributed by atoms with Crippen molar-refractivity contribution >= 4 is 23.5 Å². The first-order valence-electron chi connectivity index (χ1n) is 7.77. The highest BCUT2D eigenvalue weighted by Crippen LogP contribution is 2.24. The number of anilines is 1. The molecular formula is C18H20N4OS. The van der Waals surface area contributed by atoms with Crippen LogP contribution in [0.5, 0.6) is 0 Å². The first kappa shape index (κ1) is 18.0. The third-order valence-corrected chi connectivity index (χ3v) is 4.31. The van der Waals surface area contributed by atoms with Gasteiger partial charge in [0.1, 0.15) is 16.9 Å². The van der Waals surface area contributed by atoms with E-state index in [0.717, 1.165) is 11.4 Å². The Morgan fingerprint density at radius 1 is 1.29 bits per heavy atom. The molecule has 0 saturated heterocycles. The van der Waals surface area contributed by atoms with Crippen LogP contribution in [0.1, 0.15) is 43.1 Å². The molecule has 0 atom stereocenters. The average Bonchev–Trinajstić information content (AvgIpc) is 2.54. The fourth-order valence-electron chi connectivity index (χ4n) is 2.03. The lowest BCUT2D eigenvalue weighted by Crippen LogP contribution is -2.13. The second-order valence-corrected chi connectivity index (χ2v) is 6.75. The minimum absolute atomic E-state index is 0.0980. The molecule has 6 heteroatoms. The molecule has 0 radical (unpaired) electrons. The third kappa shape index (κ3) is 5.07. The standard InChI is InChI=1S/C18H20N4OS/c1-12(2)15-8-7-14(11-19)18(21-15)24-10-9-17(23)22-16-6-4-5-13(3)20-16/h4-8,12H,9-10H2,1-3H3,(H,20,22,23). The van der Waals surface area contributed by atoms with Crippen molar-refractivity contribution in [3.05, 3.63) is 47.3 Å². The van der Waals surface area contributed by atoms with E-state index in [1.165, 1.54) is 11.8 Å². The minimum atomic E-state index is -0.0980. The highest BCUT2D eigenvalue weighted by Gasteiger charge is 2.10. The molecule has 0 aliphatic carbocycles. The van der Waals surface area contributed by atoms with Gasteiger partial charge in [0.15, 0.2) is 0 Å². The lowest BCUT2D eigenvalue weighted by molar-refractivity contribution is -0.115. The molecule has 1 amide bonds. The summed E-state index contributed by atoms with van der Waals surface area (Å²) in [5.74, 6) is 1.32. The minimum Gasteiger partial charge on any atom is -0.311 e. The van der Waals surface area contributed by atoms with Gasteiger partial charge in [-0.1, -0.05) is 19.9 Å². The fourth-order valence-corrected chi connectivity index (χ4v) is 2.95. The summed E-state index contributed by atoms with van der Waals surface area (Å²) in [6.07, 6.45) is 0.332. The van der Waals surface area contributed by atoms with Gasteiger partial charge in [-0.15, -0.1) is 11.8 Å². The van der Waals surface area contributed by atoms with Crippen molar-refractivity contribution in [1.82, 2.24) is 9.97 Å². The van der Waals surface area contributed by atoms with Gasteiger partial charge in [-0.05, 0) is 37.1 Å². The summed E-state index contributed by atoms with van der Waals surface area (Å²) in [6, 6.07) is 11.3. The van der Waals surface area contributed by atoms with E-state index in [1.54, 1.807) is 12.1 Å². The molecule has 0 aliphatic rings. The first-order chi connectivity index (χ1) is 11.5. The van der Waals surface area contributed by atoms with Crippen LogP contribution in [0, 0.1) is 18.3 Å². The van der Waals surface area contributed by atoms with Crippen molar-refractivity contribution in [2.24, 2.45) is 0 Å². The van der Waals surface area contributed by atoms with Gasteiger partial charge >= 0.3 is 0 Å². The quantitative estimate of drug-likeness (QED) is 0.807. The van der Waals surface area contributed by atoms with Crippen molar-refractivity contribution in [2.75, 3.05) is 11.1 Å². The fraction of sp³-hybridized carbons (Fsp3) is 0.333. The molecule has 0 bridgehead atoms. The number of thioether (sulfide) groups is 1. The molecule has 124 valence electrons. The number of aryl methyl sites for hydroxylation is 1. The number of carbonyl (C=O) groups excluding carboxylic acids is 1. The van der Waals surface area contributed by atoms with E-state index in [4.69, 9.17) is 0 Å². The van der Waals surface area contributed by atoms with Crippen LogP contribution in [0.25, 0.3) is 0 Å². The van der Waals surface area contributed by atoms with Crippen LogP contribution in [0.3, 0.4) is 0 Å². The highest BCUT2D eigenvalue weighted by atomic mass is 32.2. The zero-order valence-electron chi connectivity index (χ0n) is 14.0. The van der Waals surface area contributed by atoms with Crippen LogP contribution < -0.4 is 5.32 Å². The van der Waals surface area contributed by atoms with E-state index >= 15 is 0 Å². The van der Waals surface area contributed by atoms with Crippen LogP contribution in [-0.4, -0.2) is 21.6 Å². The second kappa shape index (κ2) is 8.46. The molecule has 2 aromatic heterocycles. The van der Waals surface area contributed by atoms with Gasteiger partial charge in [0.2, 0.25) is 5.91 Å². The van der Waals surface area contributed by atoms with Gasteiger partial charge in [0.05, 0.1) is 5.56 Å². The van der Waals surface area contributed by atoms with Crippen LogP contribution in [-0.2, 0) is 4.79 Å². The van der Waals surface area contributed by atoms with Gasteiger partial charge in [0.25, 0.3) is 0 Å². The van der Waals surface area contributed by atoms with E-state index in [-0.39, 0.29) is 5.91 Å². The van der Waals surface area contributed by atoms with Gasteiger partial charge < -0.3 is 5.32 Å². The van der Waals surface area contributed by atoms with Crippen LogP contribution >= 0.6 is 11.8 Å². The van der Waals surface area contributed by atoms with E-state index in [0.29, 0.717) is 34.5 Å². The summed E-state index contributed by atoms with van der Waals surface area (Å²) in [7, 11) is 0. The summed E-state index contributed by atoms with van der Waals surface area (Å²) in [5, 5.41) is 12.7. The summed E-state index contributed by atoms with van der Waals surface area (Å²) >= 11 is 1.43. The predicted molar refractivity (Wildman–Crippen MR) is 96.0 cm³/mol. The molecule has 24 heavy (non-hydrogen) atoms. The molecule has 2 heterocycles. The summed E-state index contributed by atoms with van der Waals surface area (Å²) in [5.41, 5.74) is 2.35. The van der Waals surface area contributed by atoms with Crippen LogP contribution in [0.4, 0.5) is 5.82 Å². The molecule has 0 saturated carbocycles. The maximum absolute atomic E-state index is 12.0. The van der Waals surface area contributed by atoms with E-state index in [2.05, 4.69) is 35.2 Å². The largest absolute Gasteiger partial charge is 0.311 e. The molecule has 0 aromatic carbocycles. The number of rotatable bonds is 6. The monoisotopic (exact) mass is 340 g/mol. The lowest BCUT2D eigenvalue weighted by atomic mass is 10.1. The summed E-state index contributed by atoms with van der Waals surface area (Å²) in [4.78, 5) is 20.8. The molecule has 5 nitrogen and oxygen atoms in total. The molecule has 2 aromatic rings. The second-order valence-electron chi connectivity index (χ2n) is 5.67.